The van der Waals surface area contributed by atoms with Crippen molar-refractivity contribution in [3.05, 3.63) is 0 Å². The van der Waals surface area contributed by atoms with Gasteiger partial charge in [0.25, 0.3) is 0 Å². The summed E-state index contributed by atoms with van der Waals surface area (Å²) in [7, 11) is -0.0923. The molecule has 156 valence electrons. The number of nitrogens with zero attached hydrogens (tertiary/aromatic N) is 1. The van der Waals surface area contributed by atoms with E-state index >= 15 is 0 Å². The first-order valence-corrected chi connectivity index (χ1v) is 9.48. The molecule has 10 heteroatoms. The first kappa shape index (κ1) is 25.2. The number of carbonyl (C=O) groups excluding carboxylic acids is 2. The summed E-state index contributed by atoms with van der Waals surface area (Å²) in [5.74, 6) is -0.778. The summed E-state index contributed by atoms with van der Waals surface area (Å²) in [6.07, 6.45) is 1.69. The zero-order valence-corrected chi connectivity index (χ0v) is 17.2. The first-order chi connectivity index (χ1) is 12.6. The van der Waals surface area contributed by atoms with Crippen LogP contribution in [-0.2, 0) is 9.59 Å². The largest absolute Gasteiger partial charge is 0.475 e. The lowest BCUT2D eigenvalue weighted by Gasteiger charge is -2.24. The fourth-order valence-electron chi connectivity index (χ4n) is 2.54. The summed E-state index contributed by atoms with van der Waals surface area (Å²) in [5, 5.41) is 27.3. The molecule has 2 amide bonds. The molecule has 0 unspecified atom stereocenters. The zero-order valence-electron chi connectivity index (χ0n) is 17.2. The SMILES string of the molecule is CN=C(N)NCCC[C@H](NC(=O)CC(C)C)C(=O)N[C@@H](CC(C)C)B(O)O. The first-order valence-electron chi connectivity index (χ1n) is 9.48. The highest BCUT2D eigenvalue weighted by atomic mass is 16.4. The van der Waals surface area contributed by atoms with Gasteiger partial charge < -0.3 is 31.7 Å². The predicted octanol–water partition coefficient (Wildman–Crippen LogP) is -0.625. The van der Waals surface area contributed by atoms with Crippen molar-refractivity contribution < 1.29 is 19.6 Å². The van der Waals surface area contributed by atoms with Crippen LogP contribution in [0.1, 0.15) is 53.4 Å². The number of amides is 2. The lowest BCUT2D eigenvalue weighted by atomic mass is 9.75. The normalized spacial score (nSPS) is 14.0. The fourth-order valence-corrected chi connectivity index (χ4v) is 2.54. The van der Waals surface area contributed by atoms with Crippen molar-refractivity contribution in [2.45, 2.75) is 65.4 Å². The Labute approximate surface area is 162 Å². The van der Waals surface area contributed by atoms with Crippen molar-refractivity contribution in [3.8, 4) is 0 Å². The van der Waals surface area contributed by atoms with E-state index in [0.717, 1.165) is 0 Å². The van der Waals surface area contributed by atoms with E-state index in [1.165, 1.54) is 0 Å². The summed E-state index contributed by atoms with van der Waals surface area (Å²) < 4.78 is 0. The molecule has 0 aromatic heterocycles. The van der Waals surface area contributed by atoms with Crippen LogP contribution in [0.3, 0.4) is 0 Å². The average Bonchev–Trinajstić information content (AvgIpc) is 2.55. The van der Waals surface area contributed by atoms with Crippen molar-refractivity contribution in [2.75, 3.05) is 13.6 Å². The lowest BCUT2D eigenvalue weighted by molar-refractivity contribution is -0.129. The molecule has 0 radical (unpaired) electrons. The summed E-state index contributed by atoms with van der Waals surface area (Å²) in [4.78, 5) is 28.5. The van der Waals surface area contributed by atoms with Crippen LogP contribution in [0.4, 0.5) is 0 Å². The van der Waals surface area contributed by atoms with Crippen LogP contribution in [0, 0.1) is 11.8 Å². The molecule has 0 aromatic carbocycles. The Hall–Kier alpha value is -1.81. The van der Waals surface area contributed by atoms with E-state index in [4.69, 9.17) is 5.73 Å². The maximum atomic E-state index is 12.6. The minimum atomic E-state index is -1.66. The second kappa shape index (κ2) is 13.4. The van der Waals surface area contributed by atoms with E-state index in [1.54, 1.807) is 7.05 Å². The number of aliphatic imine (C=N–C) groups is 1. The minimum Gasteiger partial charge on any atom is -0.426 e. The highest BCUT2D eigenvalue weighted by molar-refractivity contribution is 6.43. The molecule has 0 saturated heterocycles. The molecular formula is C17H36BN5O4. The van der Waals surface area contributed by atoms with Gasteiger partial charge in [-0.1, -0.05) is 27.7 Å². The van der Waals surface area contributed by atoms with Crippen molar-refractivity contribution in [1.82, 2.24) is 16.0 Å². The summed E-state index contributed by atoms with van der Waals surface area (Å²) in [5.41, 5.74) is 5.57. The van der Waals surface area contributed by atoms with Gasteiger partial charge in [0.1, 0.15) is 6.04 Å². The minimum absolute atomic E-state index is 0.170. The monoisotopic (exact) mass is 385 g/mol. The van der Waals surface area contributed by atoms with Crippen LogP contribution >= 0.6 is 0 Å². The Morgan fingerprint density at radius 2 is 1.74 bits per heavy atom. The Morgan fingerprint density at radius 3 is 2.22 bits per heavy atom. The number of nitrogens with one attached hydrogen (secondary N) is 3. The van der Waals surface area contributed by atoms with Crippen LogP contribution in [0.5, 0.6) is 0 Å². The highest BCUT2D eigenvalue weighted by Crippen LogP contribution is 2.08. The quantitative estimate of drug-likeness (QED) is 0.114. The maximum absolute atomic E-state index is 12.6. The van der Waals surface area contributed by atoms with Gasteiger partial charge in [-0.05, 0) is 31.1 Å². The number of nitrogens with two attached hydrogens (primary N) is 1. The Balaban J connectivity index is 4.91. The second-order valence-corrected chi connectivity index (χ2v) is 7.55. The van der Waals surface area contributed by atoms with Crippen LogP contribution in [-0.4, -0.2) is 60.5 Å². The highest BCUT2D eigenvalue weighted by Gasteiger charge is 2.29. The number of carbonyl (C=O) groups is 2. The van der Waals surface area contributed by atoms with Crippen molar-refractivity contribution >= 4 is 24.9 Å². The Morgan fingerprint density at radius 1 is 1.11 bits per heavy atom. The third-order valence-electron chi connectivity index (χ3n) is 3.87. The van der Waals surface area contributed by atoms with Crippen LogP contribution < -0.4 is 21.7 Å². The molecule has 27 heavy (non-hydrogen) atoms. The van der Waals surface area contributed by atoms with Gasteiger partial charge in [-0.3, -0.25) is 14.6 Å². The van der Waals surface area contributed by atoms with Crippen molar-refractivity contribution in [1.29, 1.82) is 0 Å². The van der Waals surface area contributed by atoms with Crippen LogP contribution in [0.25, 0.3) is 0 Å². The zero-order chi connectivity index (χ0) is 21.0. The maximum Gasteiger partial charge on any atom is 0.475 e. The van der Waals surface area contributed by atoms with E-state index < -0.39 is 25.0 Å². The van der Waals surface area contributed by atoms with E-state index in [0.29, 0.717) is 38.2 Å². The van der Waals surface area contributed by atoms with Gasteiger partial charge in [0, 0.05) is 20.0 Å². The fraction of sp³-hybridized carbons (Fsp3) is 0.824. The molecule has 0 bridgehead atoms. The summed E-state index contributed by atoms with van der Waals surface area (Å²) in [6, 6.07) is -0.758. The predicted molar refractivity (Wildman–Crippen MR) is 108 cm³/mol. The van der Waals surface area contributed by atoms with Crippen LogP contribution in [0.15, 0.2) is 4.99 Å². The molecule has 9 nitrogen and oxygen atoms in total. The molecule has 0 spiro atoms. The van der Waals surface area contributed by atoms with Gasteiger partial charge in [-0.15, -0.1) is 0 Å². The number of guanidine groups is 1. The third kappa shape index (κ3) is 12.2. The van der Waals surface area contributed by atoms with E-state index in [1.807, 2.05) is 27.7 Å². The molecule has 0 saturated carbocycles. The van der Waals surface area contributed by atoms with Gasteiger partial charge >= 0.3 is 7.12 Å². The number of hydrogen-bond donors (Lipinski definition) is 6. The Bertz CT molecular complexity index is 486. The van der Waals surface area contributed by atoms with Crippen LogP contribution in [0.2, 0.25) is 0 Å². The number of hydrogen-bond acceptors (Lipinski definition) is 5. The smallest absolute Gasteiger partial charge is 0.426 e. The molecule has 0 aliphatic rings. The summed E-state index contributed by atoms with van der Waals surface area (Å²) in [6.45, 7) is 8.20. The standard InChI is InChI=1S/C17H36BN5O4/c1-11(2)9-14(18(26)27)23-16(25)13(22-15(24)10-12(3)4)7-6-8-21-17(19)20-5/h11-14,26-27H,6-10H2,1-5H3,(H,22,24)(H,23,25)(H3,19,20,21)/t13-,14-/m0/s1. The molecule has 0 aliphatic carbocycles. The molecule has 0 aliphatic heterocycles. The van der Waals surface area contributed by atoms with Crippen molar-refractivity contribution in [3.63, 3.8) is 0 Å². The van der Waals surface area contributed by atoms with Crippen molar-refractivity contribution in [2.24, 2.45) is 22.6 Å². The summed E-state index contributed by atoms with van der Waals surface area (Å²) >= 11 is 0. The van der Waals surface area contributed by atoms with Gasteiger partial charge in [0.15, 0.2) is 5.96 Å². The molecular weight excluding hydrogens is 349 g/mol. The third-order valence-corrected chi connectivity index (χ3v) is 3.87. The topological polar surface area (TPSA) is 149 Å². The molecule has 0 heterocycles. The average molecular weight is 385 g/mol. The van der Waals surface area contributed by atoms with E-state index in [-0.39, 0.29) is 17.7 Å². The van der Waals surface area contributed by atoms with Gasteiger partial charge in [0.05, 0.1) is 5.94 Å². The van der Waals surface area contributed by atoms with Gasteiger partial charge in [0.2, 0.25) is 11.8 Å². The van der Waals surface area contributed by atoms with E-state index in [9.17, 15) is 19.6 Å². The van der Waals surface area contributed by atoms with Gasteiger partial charge in [-0.25, -0.2) is 0 Å². The molecule has 0 fully saturated rings. The Kier molecular flexibility index (Phi) is 12.5. The van der Waals surface area contributed by atoms with Gasteiger partial charge in [-0.2, -0.15) is 0 Å². The second-order valence-electron chi connectivity index (χ2n) is 7.55. The molecule has 0 rings (SSSR count). The number of rotatable bonds is 12. The molecule has 7 N–H and O–H groups in total. The molecule has 2 atom stereocenters. The van der Waals surface area contributed by atoms with E-state index in [2.05, 4.69) is 20.9 Å². The molecule has 0 aromatic rings. The lowest BCUT2D eigenvalue weighted by Crippen LogP contribution is -2.54.